The molecule has 0 unspecified atom stereocenters. The standard InChI is InChI=1S/C26H27N5O4/c27-16-21-26(35-25(30-21)22-10-5-15-34-22)31-13-11-17(12-14-31)23(32)29-20-9-4-3-8-19(20)24(33)28-18-6-1-2-7-18/h3-5,8-10,15,17-18H,1-2,6-7,11-14H2,(H,28,33)(H,29,32). The number of rotatable bonds is 6. The van der Waals surface area contributed by atoms with Crippen LogP contribution in [0.1, 0.15) is 54.6 Å². The highest BCUT2D eigenvalue weighted by atomic mass is 16.4. The maximum absolute atomic E-state index is 13.1. The molecule has 5 rings (SSSR count). The highest BCUT2D eigenvalue weighted by Gasteiger charge is 2.30. The van der Waals surface area contributed by atoms with Gasteiger partial charge in [-0.15, -0.1) is 0 Å². The van der Waals surface area contributed by atoms with E-state index in [1.807, 2.05) is 11.0 Å². The van der Waals surface area contributed by atoms with Crippen LogP contribution in [-0.2, 0) is 4.79 Å². The molecule has 1 saturated heterocycles. The molecule has 3 heterocycles. The summed E-state index contributed by atoms with van der Waals surface area (Å²) in [6.07, 6.45) is 6.97. The molecule has 0 atom stereocenters. The van der Waals surface area contributed by atoms with Gasteiger partial charge >= 0.3 is 0 Å². The molecular formula is C26H27N5O4. The van der Waals surface area contributed by atoms with Crippen LogP contribution in [0.5, 0.6) is 0 Å². The third kappa shape index (κ3) is 4.92. The number of hydrogen-bond acceptors (Lipinski definition) is 7. The average molecular weight is 474 g/mol. The molecule has 3 aromatic rings. The normalized spacial score (nSPS) is 16.7. The van der Waals surface area contributed by atoms with Crippen molar-refractivity contribution in [2.24, 2.45) is 5.92 Å². The Hall–Kier alpha value is -4.06. The quantitative estimate of drug-likeness (QED) is 0.546. The minimum atomic E-state index is -0.213. The minimum Gasteiger partial charge on any atom is -0.459 e. The van der Waals surface area contributed by atoms with E-state index in [1.165, 1.54) is 6.26 Å². The average Bonchev–Trinajstić information content (AvgIpc) is 3.66. The molecule has 2 aromatic heterocycles. The van der Waals surface area contributed by atoms with Gasteiger partial charge in [-0.3, -0.25) is 9.59 Å². The van der Waals surface area contributed by atoms with Crippen molar-refractivity contribution in [2.75, 3.05) is 23.3 Å². The number of nitrogens with zero attached hydrogens (tertiary/aromatic N) is 3. The van der Waals surface area contributed by atoms with Crippen LogP contribution in [0.4, 0.5) is 11.6 Å². The van der Waals surface area contributed by atoms with Crippen molar-refractivity contribution < 1.29 is 18.4 Å². The highest BCUT2D eigenvalue weighted by Crippen LogP contribution is 2.31. The number of anilines is 2. The second-order valence-corrected chi connectivity index (χ2v) is 9.01. The van der Waals surface area contributed by atoms with E-state index in [2.05, 4.69) is 21.7 Å². The Kier molecular flexibility index (Phi) is 6.53. The predicted molar refractivity (Wildman–Crippen MR) is 129 cm³/mol. The zero-order valence-corrected chi connectivity index (χ0v) is 19.3. The summed E-state index contributed by atoms with van der Waals surface area (Å²) in [6.45, 7) is 1.09. The van der Waals surface area contributed by atoms with E-state index in [9.17, 15) is 14.9 Å². The van der Waals surface area contributed by atoms with Gasteiger partial charge in [0, 0.05) is 25.0 Å². The lowest BCUT2D eigenvalue weighted by molar-refractivity contribution is -0.120. The summed E-state index contributed by atoms with van der Waals surface area (Å²) in [6, 6.07) is 12.9. The van der Waals surface area contributed by atoms with Gasteiger partial charge in [0.05, 0.1) is 17.5 Å². The molecule has 0 bridgehead atoms. The summed E-state index contributed by atoms with van der Waals surface area (Å²) in [4.78, 5) is 32.0. The molecule has 0 radical (unpaired) electrons. The van der Waals surface area contributed by atoms with Crippen LogP contribution in [0.3, 0.4) is 0 Å². The van der Waals surface area contributed by atoms with Crippen molar-refractivity contribution in [1.82, 2.24) is 10.3 Å². The van der Waals surface area contributed by atoms with E-state index < -0.39 is 0 Å². The van der Waals surface area contributed by atoms with Gasteiger partial charge in [-0.2, -0.15) is 10.2 Å². The number of nitriles is 1. The minimum absolute atomic E-state index is 0.111. The number of carbonyl (C=O) groups excluding carboxylic acids is 2. The molecule has 180 valence electrons. The van der Waals surface area contributed by atoms with E-state index in [0.29, 0.717) is 48.8 Å². The van der Waals surface area contributed by atoms with Crippen LogP contribution in [0.15, 0.2) is 51.5 Å². The zero-order chi connectivity index (χ0) is 24.2. The second kappa shape index (κ2) is 10.1. The van der Waals surface area contributed by atoms with Gasteiger partial charge in [0.2, 0.25) is 17.5 Å². The largest absolute Gasteiger partial charge is 0.459 e. The fourth-order valence-corrected chi connectivity index (χ4v) is 4.81. The van der Waals surface area contributed by atoms with Crippen LogP contribution in [-0.4, -0.2) is 35.9 Å². The molecule has 9 heteroatoms. The number of para-hydroxylation sites is 1. The summed E-state index contributed by atoms with van der Waals surface area (Å²) >= 11 is 0. The highest BCUT2D eigenvalue weighted by molar-refractivity contribution is 6.04. The van der Waals surface area contributed by atoms with E-state index in [1.54, 1.807) is 30.3 Å². The van der Waals surface area contributed by atoms with Gasteiger partial charge in [0.1, 0.15) is 6.07 Å². The smallest absolute Gasteiger partial charge is 0.266 e. The second-order valence-electron chi connectivity index (χ2n) is 9.01. The fraction of sp³-hybridized carbons (Fsp3) is 0.385. The fourth-order valence-electron chi connectivity index (χ4n) is 4.81. The van der Waals surface area contributed by atoms with Gasteiger partial charge in [-0.05, 0) is 49.9 Å². The maximum Gasteiger partial charge on any atom is 0.266 e. The number of amides is 2. The van der Waals surface area contributed by atoms with Crippen molar-refractivity contribution in [3.05, 3.63) is 53.9 Å². The Morgan fingerprint density at radius 3 is 2.54 bits per heavy atom. The first-order chi connectivity index (χ1) is 17.1. The maximum atomic E-state index is 13.1. The summed E-state index contributed by atoms with van der Waals surface area (Å²) < 4.78 is 11.2. The SMILES string of the molecule is N#Cc1nc(-c2ccco2)oc1N1CCC(C(=O)Nc2ccccc2C(=O)NC2CCCC2)CC1. The van der Waals surface area contributed by atoms with Crippen LogP contribution in [0.2, 0.25) is 0 Å². The molecule has 0 spiro atoms. The van der Waals surface area contributed by atoms with Crippen molar-refractivity contribution in [2.45, 2.75) is 44.6 Å². The molecule has 1 aromatic carbocycles. The Bertz CT molecular complexity index is 1230. The number of aromatic nitrogens is 1. The third-order valence-corrected chi connectivity index (χ3v) is 6.72. The van der Waals surface area contributed by atoms with Crippen molar-refractivity contribution >= 4 is 23.4 Å². The number of nitrogens with one attached hydrogen (secondary N) is 2. The van der Waals surface area contributed by atoms with E-state index >= 15 is 0 Å². The molecule has 2 fully saturated rings. The molecule has 2 amide bonds. The number of benzene rings is 1. The molecule has 2 N–H and O–H groups in total. The van der Waals surface area contributed by atoms with Crippen LogP contribution >= 0.6 is 0 Å². The van der Waals surface area contributed by atoms with Gasteiger partial charge in [-0.1, -0.05) is 25.0 Å². The van der Waals surface area contributed by atoms with Crippen molar-refractivity contribution in [1.29, 1.82) is 5.26 Å². The first-order valence-electron chi connectivity index (χ1n) is 12.0. The molecular weight excluding hydrogens is 446 g/mol. The van der Waals surface area contributed by atoms with E-state index in [4.69, 9.17) is 8.83 Å². The van der Waals surface area contributed by atoms with Crippen molar-refractivity contribution in [3.8, 4) is 17.7 Å². The molecule has 9 nitrogen and oxygen atoms in total. The molecule has 1 saturated carbocycles. The summed E-state index contributed by atoms with van der Waals surface area (Å²) in [7, 11) is 0. The summed E-state index contributed by atoms with van der Waals surface area (Å²) in [5, 5.41) is 15.6. The first kappa shape index (κ1) is 22.7. The molecule has 35 heavy (non-hydrogen) atoms. The zero-order valence-electron chi connectivity index (χ0n) is 19.3. The Morgan fingerprint density at radius 2 is 1.83 bits per heavy atom. The van der Waals surface area contributed by atoms with E-state index in [-0.39, 0.29) is 35.4 Å². The first-order valence-corrected chi connectivity index (χ1v) is 12.0. The van der Waals surface area contributed by atoms with Gasteiger partial charge in [0.25, 0.3) is 11.8 Å². The molecule has 2 aliphatic rings. The summed E-state index contributed by atoms with van der Waals surface area (Å²) in [5.74, 6) is 0.637. The van der Waals surface area contributed by atoms with Crippen LogP contribution in [0.25, 0.3) is 11.7 Å². The number of oxazole rings is 1. The van der Waals surface area contributed by atoms with Gasteiger partial charge in [0.15, 0.2) is 5.76 Å². The Morgan fingerprint density at radius 1 is 1.06 bits per heavy atom. The lowest BCUT2D eigenvalue weighted by Gasteiger charge is -2.31. The monoisotopic (exact) mass is 473 g/mol. The third-order valence-electron chi connectivity index (χ3n) is 6.72. The van der Waals surface area contributed by atoms with Crippen molar-refractivity contribution in [3.63, 3.8) is 0 Å². The molecule has 1 aliphatic heterocycles. The number of carbonyl (C=O) groups is 2. The number of furan rings is 1. The lowest BCUT2D eigenvalue weighted by Crippen LogP contribution is -2.38. The Labute approximate surface area is 203 Å². The topological polar surface area (TPSA) is 124 Å². The lowest BCUT2D eigenvalue weighted by atomic mass is 9.95. The predicted octanol–water partition coefficient (Wildman–Crippen LogP) is 4.33. The van der Waals surface area contributed by atoms with Gasteiger partial charge < -0.3 is 24.4 Å². The van der Waals surface area contributed by atoms with Crippen LogP contribution in [0, 0.1) is 17.2 Å². The number of hydrogen-bond donors (Lipinski definition) is 2. The molecule has 1 aliphatic carbocycles. The summed E-state index contributed by atoms with van der Waals surface area (Å²) in [5.41, 5.74) is 1.21. The van der Waals surface area contributed by atoms with E-state index in [0.717, 1.165) is 25.7 Å². The van der Waals surface area contributed by atoms with Crippen LogP contribution < -0.4 is 15.5 Å². The Balaban J connectivity index is 1.21. The number of piperidine rings is 1. The van der Waals surface area contributed by atoms with Gasteiger partial charge in [-0.25, -0.2) is 0 Å².